The molecule has 3 heterocycles. The summed E-state index contributed by atoms with van der Waals surface area (Å²) in [5.74, 6) is 0.998. The van der Waals surface area contributed by atoms with Gasteiger partial charge in [0, 0.05) is 50.2 Å². The number of hydrazine groups is 1. The summed E-state index contributed by atoms with van der Waals surface area (Å²) < 4.78 is 5.77. The Labute approximate surface area is 191 Å². The van der Waals surface area contributed by atoms with Gasteiger partial charge in [-0.2, -0.15) is 4.99 Å². The average molecular weight is 444 g/mol. The molecule has 1 aliphatic rings. The number of aromatic nitrogens is 3. The summed E-state index contributed by atoms with van der Waals surface area (Å²) in [5, 5.41) is 10.9. The standard InChI is InChI=1S/C24H25N7O2/c1-15(32)31-21(16-8-10-18(11-9-16)30(2)3)13-22(29-31)26-24-28-27-23(33-24)12-17-14-25-20-7-5-4-6-19(17)20/h4-11,14,21,25H,12-13H2,1-3H3,(H,26,28,29). The molecule has 1 atom stereocenters. The van der Waals surface area contributed by atoms with Crippen LogP contribution in [0.1, 0.15) is 36.4 Å². The third-order valence-corrected chi connectivity index (χ3v) is 5.78. The Kier molecular flexibility index (Phi) is 5.29. The van der Waals surface area contributed by atoms with E-state index in [0.29, 0.717) is 24.6 Å². The van der Waals surface area contributed by atoms with Crippen molar-refractivity contribution in [1.82, 2.24) is 25.6 Å². The minimum atomic E-state index is -0.161. The monoisotopic (exact) mass is 443 g/mol. The van der Waals surface area contributed by atoms with E-state index in [-0.39, 0.29) is 18.0 Å². The Hall–Kier alpha value is -4.14. The third-order valence-electron chi connectivity index (χ3n) is 5.78. The second-order valence-corrected chi connectivity index (χ2v) is 8.28. The van der Waals surface area contributed by atoms with E-state index in [9.17, 15) is 4.79 Å². The molecule has 9 heteroatoms. The van der Waals surface area contributed by atoms with Gasteiger partial charge in [-0.25, -0.2) is 5.01 Å². The highest BCUT2D eigenvalue weighted by Gasteiger charge is 2.32. The molecule has 0 radical (unpaired) electrons. The quantitative estimate of drug-likeness (QED) is 0.487. The number of carbonyl (C=O) groups is 1. The molecule has 1 fully saturated rings. The maximum atomic E-state index is 12.2. The molecule has 33 heavy (non-hydrogen) atoms. The highest BCUT2D eigenvalue weighted by Crippen LogP contribution is 2.30. The molecule has 2 N–H and O–H groups in total. The molecule has 5 rings (SSSR count). The Morgan fingerprint density at radius 1 is 1.18 bits per heavy atom. The lowest BCUT2D eigenvalue weighted by atomic mass is 10.0. The molecule has 1 aliphatic heterocycles. The maximum absolute atomic E-state index is 12.2. The summed E-state index contributed by atoms with van der Waals surface area (Å²) in [5.41, 5.74) is 7.37. The van der Waals surface area contributed by atoms with Gasteiger partial charge >= 0.3 is 6.01 Å². The van der Waals surface area contributed by atoms with Crippen LogP contribution in [0.15, 0.2) is 64.1 Å². The van der Waals surface area contributed by atoms with Crippen molar-refractivity contribution in [3.8, 4) is 0 Å². The number of nitrogens with one attached hydrogen (secondary N) is 2. The van der Waals surface area contributed by atoms with Crippen LogP contribution in [-0.4, -0.2) is 46.0 Å². The van der Waals surface area contributed by atoms with Gasteiger partial charge in [-0.15, -0.1) is 5.10 Å². The predicted octanol–water partition coefficient (Wildman–Crippen LogP) is 3.74. The average Bonchev–Trinajstić information content (AvgIpc) is 3.54. The molecule has 0 aliphatic carbocycles. The Bertz CT molecular complexity index is 1320. The molecular formula is C24H25N7O2. The zero-order valence-electron chi connectivity index (χ0n) is 18.7. The molecule has 1 saturated heterocycles. The summed E-state index contributed by atoms with van der Waals surface area (Å²) in [6.45, 7) is 1.53. The van der Waals surface area contributed by atoms with Crippen LogP contribution < -0.4 is 10.3 Å². The number of hydrogen-bond acceptors (Lipinski definition) is 6. The molecule has 0 spiro atoms. The number of aliphatic imine (C=N–C) groups is 1. The van der Waals surface area contributed by atoms with Gasteiger partial charge < -0.3 is 14.3 Å². The Morgan fingerprint density at radius 3 is 2.73 bits per heavy atom. The molecule has 4 aromatic rings. The Morgan fingerprint density at radius 2 is 1.97 bits per heavy atom. The fourth-order valence-electron chi connectivity index (χ4n) is 4.08. The first-order chi connectivity index (χ1) is 16.0. The number of amides is 1. The van der Waals surface area contributed by atoms with Gasteiger partial charge in [0.1, 0.15) is 5.84 Å². The van der Waals surface area contributed by atoms with E-state index in [1.807, 2.05) is 67.7 Å². The molecule has 1 unspecified atom stereocenters. The van der Waals surface area contributed by atoms with Gasteiger partial charge in [0.05, 0.1) is 12.5 Å². The predicted molar refractivity (Wildman–Crippen MR) is 126 cm³/mol. The van der Waals surface area contributed by atoms with E-state index in [2.05, 4.69) is 31.7 Å². The number of nitrogens with zero attached hydrogens (tertiary/aromatic N) is 5. The van der Waals surface area contributed by atoms with E-state index >= 15 is 0 Å². The lowest BCUT2D eigenvalue weighted by Gasteiger charge is -2.23. The van der Waals surface area contributed by atoms with Crippen LogP contribution in [0.4, 0.5) is 11.7 Å². The second-order valence-electron chi connectivity index (χ2n) is 8.28. The summed E-state index contributed by atoms with van der Waals surface area (Å²) in [4.78, 5) is 22.0. The fourth-order valence-corrected chi connectivity index (χ4v) is 4.08. The van der Waals surface area contributed by atoms with Crippen molar-refractivity contribution >= 4 is 34.3 Å². The van der Waals surface area contributed by atoms with Crippen LogP contribution in [0.2, 0.25) is 0 Å². The fraction of sp³-hybridized carbons (Fsp3) is 0.250. The zero-order chi connectivity index (χ0) is 22.9. The minimum absolute atomic E-state index is 0.0903. The summed E-state index contributed by atoms with van der Waals surface area (Å²) in [6, 6.07) is 16.2. The number of fused-ring (bicyclic) bond motifs is 1. The molecule has 0 bridgehead atoms. The molecular weight excluding hydrogens is 418 g/mol. The van der Waals surface area contributed by atoms with Gasteiger partial charge in [-0.05, 0) is 29.3 Å². The molecule has 168 valence electrons. The first kappa shape index (κ1) is 20.7. The van der Waals surface area contributed by atoms with Crippen molar-refractivity contribution < 1.29 is 9.21 Å². The van der Waals surface area contributed by atoms with Crippen molar-refractivity contribution in [2.24, 2.45) is 4.99 Å². The first-order valence-corrected chi connectivity index (χ1v) is 10.8. The van der Waals surface area contributed by atoms with Gasteiger partial charge in [0.2, 0.25) is 11.8 Å². The molecule has 9 nitrogen and oxygen atoms in total. The van der Waals surface area contributed by atoms with Gasteiger partial charge in [0.15, 0.2) is 0 Å². The highest BCUT2D eigenvalue weighted by atomic mass is 16.4. The number of hydrogen-bond donors (Lipinski definition) is 2. The number of rotatable bonds is 5. The van der Waals surface area contributed by atoms with Gasteiger partial charge in [-0.1, -0.05) is 35.4 Å². The third kappa shape index (κ3) is 4.17. The van der Waals surface area contributed by atoms with Crippen molar-refractivity contribution in [1.29, 1.82) is 0 Å². The SMILES string of the molecule is CC(=O)N1N/C(=N\c2nnc(Cc3c[nH]c4ccccc34)o2)CC1c1ccc(N(C)C)cc1. The van der Waals surface area contributed by atoms with E-state index in [0.717, 1.165) is 27.7 Å². The van der Waals surface area contributed by atoms with Crippen LogP contribution in [-0.2, 0) is 11.2 Å². The minimum Gasteiger partial charge on any atom is -0.406 e. The normalized spacial score (nSPS) is 17.0. The number of benzene rings is 2. The van der Waals surface area contributed by atoms with Crippen molar-refractivity contribution in [2.45, 2.75) is 25.8 Å². The lowest BCUT2D eigenvalue weighted by Crippen LogP contribution is -2.38. The Balaban J connectivity index is 1.34. The number of aromatic amines is 1. The van der Waals surface area contributed by atoms with Crippen LogP contribution >= 0.6 is 0 Å². The number of carbonyl (C=O) groups excluding carboxylic acids is 1. The van der Waals surface area contributed by atoms with Gasteiger partial charge in [-0.3, -0.25) is 10.2 Å². The van der Waals surface area contributed by atoms with E-state index in [1.165, 1.54) is 6.92 Å². The zero-order valence-corrected chi connectivity index (χ0v) is 18.7. The largest absolute Gasteiger partial charge is 0.406 e. The van der Waals surface area contributed by atoms with E-state index in [1.54, 1.807) is 5.01 Å². The van der Waals surface area contributed by atoms with Crippen molar-refractivity contribution in [2.75, 3.05) is 19.0 Å². The summed E-state index contributed by atoms with van der Waals surface area (Å²) in [7, 11) is 3.99. The number of H-pyrrole nitrogens is 1. The number of amidine groups is 1. The lowest BCUT2D eigenvalue weighted by molar-refractivity contribution is -0.132. The van der Waals surface area contributed by atoms with Gasteiger partial charge in [0.25, 0.3) is 0 Å². The number of anilines is 1. The number of para-hydroxylation sites is 1. The topological polar surface area (TPSA) is 103 Å². The van der Waals surface area contributed by atoms with Crippen LogP contribution in [0.3, 0.4) is 0 Å². The van der Waals surface area contributed by atoms with Crippen molar-refractivity contribution in [3.63, 3.8) is 0 Å². The summed E-state index contributed by atoms with van der Waals surface area (Å²) in [6.07, 6.45) is 2.99. The molecule has 0 saturated carbocycles. The highest BCUT2D eigenvalue weighted by molar-refractivity contribution is 5.90. The second kappa shape index (κ2) is 8.42. The van der Waals surface area contributed by atoms with Crippen LogP contribution in [0.5, 0.6) is 0 Å². The van der Waals surface area contributed by atoms with E-state index in [4.69, 9.17) is 4.42 Å². The van der Waals surface area contributed by atoms with Crippen molar-refractivity contribution in [3.05, 3.63) is 71.7 Å². The molecule has 2 aromatic heterocycles. The first-order valence-electron chi connectivity index (χ1n) is 10.8. The molecule has 1 amide bonds. The molecule has 2 aromatic carbocycles. The van der Waals surface area contributed by atoms with Crippen LogP contribution in [0, 0.1) is 0 Å². The summed E-state index contributed by atoms with van der Waals surface area (Å²) >= 11 is 0. The van der Waals surface area contributed by atoms with E-state index < -0.39 is 0 Å². The van der Waals surface area contributed by atoms with Crippen LogP contribution in [0.25, 0.3) is 10.9 Å². The smallest absolute Gasteiger partial charge is 0.344 e. The maximum Gasteiger partial charge on any atom is 0.344 e.